The Morgan fingerprint density at radius 3 is 2.36 bits per heavy atom. The quantitative estimate of drug-likeness (QED) is 0.779. The number of hydrogen-bond acceptors (Lipinski definition) is 3. The normalized spacial score (nSPS) is 13.9. The highest BCUT2D eigenvalue weighted by molar-refractivity contribution is 7.86. The first kappa shape index (κ1) is 11.1. The van der Waals surface area contributed by atoms with Gasteiger partial charge in [-0.25, -0.2) is 0 Å². The zero-order chi connectivity index (χ0) is 10.6. The van der Waals surface area contributed by atoms with Crippen LogP contribution in [-0.4, -0.2) is 8.42 Å². The molecule has 0 radical (unpaired) electrons. The van der Waals surface area contributed by atoms with Gasteiger partial charge in [0.25, 0.3) is 0 Å². The molecule has 0 aliphatic carbocycles. The number of halogens is 1. The smallest absolute Gasteiger partial charge is 0.196 e. The van der Waals surface area contributed by atoms with Gasteiger partial charge in [0.15, 0.2) is 0 Å². The first-order valence-electron chi connectivity index (χ1n) is 4.20. The van der Waals surface area contributed by atoms with Crippen LogP contribution < -0.4 is 0 Å². The minimum atomic E-state index is -4.13. The van der Waals surface area contributed by atoms with Gasteiger partial charge >= 0.3 is 10.1 Å². The molecule has 1 aromatic carbocycles. The fourth-order valence-corrected chi connectivity index (χ4v) is 2.30. The lowest BCUT2D eigenvalue weighted by Crippen LogP contribution is -2.12. The highest BCUT2D eigenvalue weighted by Crippen LogP contribution is 2.26. The molecular formula is C9H11FO3S. The Hall–Kier alpha value is -0.940. The van der Waals surface area contributed by atoms with E-state index in [1.807, 2.05) is 0 Å². The predicted molar refractivity (Wildman–Crippen MR) is 50.6 cm³/mol. The summed E-state index contributed by atoms with van der Waals surface area (Å²) in [4.78, 5) is 0. The number of benzene rings is 1. The minimum absolute atomic E-state index is 0.274. The van der Waals surface area contributed by atoms with Gasteiger partial charge in [-0.2, -0.15) is 8.42 Å². The Kier molecular flexibility index (Phi) is 3.60. The molecule has 0 bridgehead atoms. The Balaban J connectivity index is 3.06. The fraction of sp³-hybridized carbons (Fsp3) is 0.333. The zero-order valence-corrected chi connectivity index (χ0v) is 8.50. The van der Waals surface area contributed by atoms with Crippen LogP contribution in [-0.2, 0) is 14.5 Å². The third-order valence-electron chi connectivity index (χ3n) is 1.98. The molecule has 1 aromatic rings. The molecule has 0 saturated heterocycles. The van der Waals surface area contributed by atoms with Crippen LogP contribution in [0.3, 0.4) is 0 Å². The summed E-state index contributed by atoms with van der Waals surface area (Å²) < 4.78 is 37.1. The van der Waals surface area contributed by atoms with E-state index < -0.39 is 15.4 Å². The topological polar surface area (TPSA) is 43.4 Å². The molecule has 1 rings (SSSR count). The maximum Gasteiger partial charge on any atom is 0.304 e. The van der Waals surface area contributed by atoms with Gasteiger partial charge in [-0.3, -0.25) is 0 Å². The van der Waals surface area contributed by atoms with Gasteiger partial charge in [-0.05, 0) is 16.5 Å². The first-order valence-corrected chi connectivity index (χ1v) is 5.68. The summed E-state index contributed by atoms with van der Waals surface area (Å²) in [7, 11) is -4.13. The maximum absolute atomic E-state index is 11.8. The van der Waals surface area contributed by atoms with Crippen molar-refractivity contribution in [3.63, 3.8) is 0 Å². The van der Waals surface area contributed by atoms with Crippen LogP contribution in [0.2, 0.25) is 0 Å². The zero-order valence-electron chi connectivity index (χ0n) is 7.68. The van der Waals surface area contributed by atoms with Crippen LogP contribution in [0.1, 0.15) is 24.2 Å². The SMILES string of the molecule is CCC(c1ccccc1)S(=O)(=O)OF. The minimum Gasteiger partial charge on any atom is -0.196 e. The largest absolute Gasteiger partial charge is 0.304 e. The molecule has 0 saturated carbocycles. The molecule has 3 nitrogen and oxygen atoms in total. The van der Waals surface area contributed by atoms with Crippen LogP contribution in [0.5, 0.6) is 0 Å². The van der Waals surface area contributed by atoms with Gasteiger partial charge in [0.2, 0.25) is 0 Å². The Bertz CT molecular complexity index is 374. The van der Waals surface area contributed by atoms with Crippen molar-refractivity contribution < 1.29 is 17.3 Å². The standard InChI is InChI=1S/C9H11FO3S/c1-2-9(14(11,12)13-10)8-6-4-3-5-7-8/h3-7,9H,2H2,1H3. The van der Waals surface area contributed by atoms with E-state index in [0.29, 0.717) is 5.56 Å². The lowest BCUT2D eigenvalue weighted by Gasteiger charge is -2.11. The molecule has 0 N–H and O–H groups in total. The summed E-state index contributed by atoms with van der Waals surface area (Å²) in [5.74, 6) is 0. The van der Waals surface area contributed by atoms with Crippen molar-refractivity contribution in [2.75, 3.05) is 0 Å². The van der Waals surface area contributed by atoms with Crippen molar-refractivity contribution in [1.82, 2.24) is 0 Å². The van der Waals surface area contributed by atoms with Gasteiger partial charge in [0.05, 0.1) is 0 Å². The molecule has 1 atom stereocenters. The van der Waals surface area contributed by atoms with Crippen molar-refractivity contribution in [3.05, 3.63) is 35.9 Å². The molecule has 0 spiro atoms. The molecule has 0 aliphatic heterocycles. The highest BCUT2D eigenvalue weighted by atomic mass is 32.2. The summed E-state index contributed by atoms with van der Waals surface area (Å²) in [6, 6.07) is 8.42. The number of hydrogen-bond donors (Lipinski definition) is 0. The molecule has 5 heteroatoms. The Morgan fingerprint density at radius 2 is 1.93 bits per heavy atom. The van der Waals surface area contributed by atoms with Crippen molar-refractivity contribution in [2.45, 2.75) is 18.6 Å². The van der Waals surface area contributed by atoms with Gasteiger partial charge in [0, 0.05) is 0 Å². The Labute approximate surface area is 82.5 Å². The van der Waals surface area contributed by atoms with E-state index in [2.05, 4.69) is 4.39 Å². The lowest BCUT2D eigenvalue weighted by atomic mass is 10.1. The molecule has 0 aliphatic rings. The average Bonchev–Trinajstić information content (AvgIpc) is 2.20. The third-order valence-corrected chi connectivity index (χ3v) is 3.46. The maximum atomic E-state index is 11.8. The van der Waals surface area contributed by atoms with Crippen molar-refractivity contribution in [1.29, 1.82) is 0 Å². The second-order valence-corrected chi connectivity index (χ2v) is 4.54. The molecule has 0 heterocycles. The van der Waals surface area contributed by atoms with E-state index in [1.54, 1.807) is 37.3 Å². The van der Waals surface area contributed by atoms with Gasteiger partial charge in [-0.15, -0.1) is 0 Å². The van der Waals surface area contributed by atoms with Crippen LogP contribution >= 0.6 is 0 Å². The van der Waals surface area contributed by atoms with Crippen molar-refractivity contribution in [3.8, 4) is 0 Å². The summed E-state index contributed by atoms with van der Waals surface area (Å²) in [6.07, 6.45) is 0.274. The van der Waals surface area contributed by atoms with Crippen LogP contribution in [0, 0.1) is 0 Å². The van der Waals surface area contributed by atoms with E-state index in [-0.39, 0.29) is 6.42 Å². The summed E-state index contributed by atoms with van der Waals surface area (Å²) >= 11 is 0. The van der Waals surface area contributed by atoms with Gasteiger partial charge < -0.3 is 0 Å². The molecule has 78 valence electrons. The molecule has 14 heavy (non-hydrogen) atoms. The molecule has 0 aromatic heterocycles. The molecule has 0 amide bonds. The van der Waals surface area contributed by atoms with Gasteiger partial charge in [0.1, 0.15) is 5.25 Å². The van der Waals surface area contributed by atoms with Crippen LogP contribution in [0.4, 0.5) is 4.53 Å². The number of rotatable bonds is 4. The Morgan fingerprint density at radius 1 is 1.36 bits per heavy atom. The predicted octanol–water partition coefficient (Wildman–Crippen LogP) is 2.37. The van der Waals surface area contributed by atoms with E-state index in [9.17, 15) is 12.9 Å². The molecule has 0 fully saturated rings. The molecular weight excluding hydrogens is 207 g/mol. The lowest BCUT2D eigenvalue weighted by molar-refractivity contribution is 0.000912. The van der Waals surface area contributed by atoms with Gasteiger partial charge in [-0.1, -0.05) is 41.6 Å². The second kappa shape index (κ2) is 4.52. The van der Waals surface area contributed by atoms with Crippen LogP contribution in [0.15, 0.2) is 30.3 Å². The third kappa shape index (κ3) is 2.30. The fourth-order valence-electron chi connectivity index (χ4n) is 1.32. The van der Waals surface area contributed by atoms with Crippen LogP contribution in [0.25, 0.3) is 0 Å². The summed E-state index contributed by atoms with van der Waals surface area (Å²) in [6.45, 7) is 1.66. The first-order chi connectivity index (χ1) is 6.61. The molecule has 1 unspecified atom stereocenters. The second-order valence-electron chi connectivity index (χ2n) is 2.86. The highest BCUT2D eigenvalue weighted by Gasteiger charge is 2.27. The van der Waals surface area contributed by atoms with E-state index in [0.717, 1.165) is 0 Å². The summed E-state index contributed by atoms with van der Waals surface area (Å²) in [5, 5.41) is -0.936. The average molecular weight is 218 g/mol. The van der Waals surface area contributed by atoms with E-state index in [4.69, 9.17) is 0 Å². The van der Waals surface area contributed by atoms with E-state index >= 15 is 0 Å². The van der Waals surface area contributed by atoms with Crippen molar-refractivity contribution in [2.24, 2.45) is 0 Å². The monoisotopic (exact) mass is 218 g/mol. The summed E-state index contributed by atoms with van der Waals surface area (Å²) in [5.41, 5.74) is 0.535. The van der Waals surface area contributed by atoms with E-state index in [1.165, 1.54) is 0 Å². The van der Waals surface area contributed by atoms with Crippen molar-refractivity contribution >= 4 is 10.1 Å².